The normalized spacial score (nSPS) is 20.3. The Bertz CT molecular complexity index is 507. The highest BCUT2D eigenvalue weighted by Crippen LogP contribution is 2.29. The highest BCUT2D eigenvalue weighted by atomic mass is 35.5. The fourth-order valence-corrected chi connectivity index (χ4v) is 2.61. The lowest BCUT2D eigenvalue weighted by Gasteiger charge is -2.38. The zero-order valence-electron chi connectivity index (χ0n) is 10.6. The minimum Gasteiger partial charge on any atom is -0.342 e. The second kappa shape index (κ2) is 4.76. The fraction of sp³-hybridized carbons (Fsp3) is 0.583. The van der Waals surface area contributed by atoms with Crippen LogP contribution in [-0.4, -0.2) is 40.9 Å². The van der Waals surface area contributed by atoms with Crippen molar-refractivity contribution in [3.05, 3.63) is 23.0 Å². The van der Waals surface area contributed by atoms with Gasteiger partial charge in [0.1, 0.15) is 5.69 Å². The fourth-order valence-electron chi connectivity index (χ4n) is 2.61. The molecule has 0 atom stereocenters. The average Bonchev–Trinajstić information content (AvgIpc) is 2.63. The van der Waals surface area contributed by atoms with E-state index in [9.17, 15) is 13.6 Å². The number of likely N-dealkylation sites (tertiary alicyclic amines) is 1. The molecule has 1 saturated heterocycles. The van der Waals surface area contributed by atoms with Crippen molar-refractivity contribution in [1.29, 1.82) is 0 Å². The lowest BCUT2D eigenvalue weighted by Crippen LogP contribution is -2.58. The molecule has 0 saturated carbocycles. The monoisotopic (exact) mass is 291 g/mol. The predicted octanol–water partition coefficient (Wildman–Crippen LogP) is 1.18. The first-order valence-electron chi connectivity index (χ1n) is 6.03. The van der Waals surface area contributed by atoms with Gasteiger partial charge in [0.05, 0.1) is 13.1 Å². The van der Waals surface area contributed by atoms with Gasteiger partial charge in [-0.3, -0.25) is 4.79 Å². The molecule has 2 aliphatic rings. The molecular weight excluding hydrogens is 276 g/mol. The van der Waals surface area contributed by atoms with Crippen molar-refractivity contribution >= 4 is 18.3 Å². The van der Waals surface area contributed by atoms with Gasteiger partial charge in [-0.1, -0.05) is 0 Å². The Kier molecular flexibility index (Phi) is 3.57. The van der Waals surface area contributed by atoms with Gasteiger partial charge in [0.2, 0.25) is 0 Å². The van der Waals surface area contributed by atoms with Crippen molar-refractivity contribution in [3.63, 3.8) is 0 Å². The standard InChI is InChI=1S/C12H15F2N3O.ClH/c1-16-9(4-8-2-3-15-5-10(8)16)11(18)17-6-12(13,14)7-17;/h4,15H,2-3,5-7H2,1H3;1H. The summed E-state index contributed by atoms with van der Waals surface area (Å²) in [5, 5.41) is 3.24. The van der Waals surface area contributed by atoms with E-state index >= 15 is 0 Å². The summed E-state index contributed by atoms with van der Waals surface area (Å²) in [7, 11) is 1.82. The SMILES string of the molecule is Cl.Cn1c(C(=O)N2CC(F)(F)C2)cc2c1CNCC2. The number of hydrogen-bond acceptors (Lipinski definition) is 2. The molecule has 0 radical (unpaired) electrons. The molecule has 0 bridgehead atoms. The molecular formula is C12H16ClF2N3O. The third-order valence-corrected chi connectivity index (χ3v) is 3.66. The van der Waals surface area contributed by atoms with Crippen LogP contribution in [0.15, 0.2) is 6.07 Å². The molecule has 1 fully saturated rings. The molecule has 7 heteroatoms. The summed E-state index contributed by atoms with van der Waals surface area (Å²) < 4.78 is 27.4. The third-order valence-electron chi connectivity index (χ3n) is 3.66. The van der Waals surface area contributed by atoms with Gasteiger partial charge >= 0.3 is 0 Å². The van der Waals surface area contributed by atoms with Gasteiger partial charge in [0, 0.05) is 19.3 Å². The Morgan fingerprint density at radius 1 is 1.42 bits per heavy atom. The van der Waals surface area contributed by atoms with E-state index in [2.05, 4.69) is 5.32 Å². The molecule has 1 aromatic rings. The van der Waals surface area contributed by atoms with E-state index in [4.69, 9.17) is 0 Å². The molecule has 0 aliphatic carbocycles. The number of carbonyl (C=O) groups is 1. The van der Waals surface area contributed by atoms with Crippen LogP contribution >= 0.6 is 12.4 Å². The zero-order valence-corrected chi connectivity index (χ0v) is 11.4. The predicted molar refractivity (Wildman–Crippen MR) is 68.9 cm³/mol. The number of halogens is 3. The van der Waals surface area contributed by atoms with Crippen LogP contribution in [0.25, 0.3) is 0 Å². The molecule has 0 unspecified atom stereocenters. The van der Waals surface area contributed by atoms with E-state index < -0.39 is 19.0 Å². The largest absolute Gasteiger partial charge is 0.342 e. The number of nitrogens with one attached hydrogen (secondary N) is 1. The molecule has 1 amide bonds. The van der Waals surface area contributed by atoms with Gasteiger partial charge in [0.25, 0.3) is 11.8 Å². The lowest BCUT2D eigenvalue weighted by atomic mass is 10.1. The van der Waals surface area contributed by atoms with Crippen molar-refractivity contribution < 1.29 is 13.6 Å². The quantitative estimate of drug-likeness (QED) is 0.844. The summed E-state index contributed by atoms with van der Waals surface area (Å²) in [6.07, 6.45) is 0.882. The Labute approximate surface area is 116 Å². The third kappa shape index (κ3) is 2.34. The van der Waals surface area contributed by atoms with Gasteiger partial charge in [0.15, 0.2) is 0 Å². The van der Waals surface area contributed by atoms with E-state index in [1.165, 1.54) is 4.90 Å². The smallest absolute Gasteiger partial charge is 0.282 e. The minimum atomic E-state index is -2.71. The first-order chi connectivity index (χ1) is 8.48. The second-order valence-corrected chi connectivity index (χ2v) is 5.00. The summed E-state index contributed by atoms with van der Waals surface area (Å²) in [5.74, 6) is -3.00. The Hall–Kier alpha value is -1.14. The van der Waals surface area contributed by atoms with Crippen LogP contribution < -0.4 is 5.32 Å². The van der Waals surface area contributed by atoms with Crippen LogP contribution in [0.3, 0.4) is 0 Å². The maximum Gasteiger partial charge on any atom is 0.282 e. The Morgan fingerprint density at radius 2 is 2.11 bits per heavy atom. The number of nitrogens with zero attached hydrogens (tertiary/aromatic N) is 2. The van der Waals surface area contributed by atoms with Crippen LogP contribution in [-0.2, 0) is 20.0 Å². The minimum absolute atomic E-state index is 0. The molecule has 0 aromatic carbocycles. The van der Waals surface area contributed by atoms with E-state index in [-0.39, 0.29) is 18.3 Å². The van der Waals surface area contributed by atoms with Crippen molar-refractivity contribution in [1.82, 2.24) is 14.8 Å². The average molecular weight is 292 g/mol. The molecule has 19 heavy (non-hydrogen) atoms. The van der Waals surface area contributed by atoms with Crippen LogP contribution in [0.4, 0.5) is 8.78 Å². The van der Waals surface area contributed by atoms with E-state index in [0.29, 0.717) is 5.69 Å². The summed E-state index contributed by atoms with van der Waals surface area (Å²) in [6, 6.07) is 1.84. The topological polar surface area (TPSA) is 37.3 Å². The summed E-state index contributed by atoms with van der Waals surface area (Å²) in [4.78, 5) is 13.3. The van der Waals surface area contributed by atoms with Crippen molar-refractivity contribution in [3.8, 4) is 0 Å². The highest BCUT2D eigenvalue weighted by Gasteiger charge is 2.47. The Balaban J connectivity index is 0.00000133. The number of hydrogen-bond donors (Lipinski definition) is 1. The molecule has 3 rings (SSSR count). The summed E-state index contributed by atoms with van der Waals surface area (Å²) in [5.41, 5.74) is 2.74. The van der Waals surface area contributed by atoms with Crippen LogP contribution in [0.2, 0.25) is 0 Å². The second-order valence-electron chi connectivity index (χ2n) is 5.00. The van der Waals surface area contributed by atoms with Gasteiger partial charge in [-0.05, 0) is 24.6 Å². The molecule has 106 valence electrons. The molecule has 2 aliphatic heterocycles. The molecule has 1 N–H and O–H groups in total. The molecule has 1 aromatic heterocycles. The number of carbonyl (C=O) groups excluding carboxylic acids is 1. The number of fused-ring (bicyclic) bond motifs is 1. The number of rotatable bonds is 1. The van der Waals surface area contributed by atoms with Crippen LogP contribution in [0.1, 0.15) is 21.7 Å². The zero-order chi connectivity index (χ0) is 12.9. The molecule has 0 spiro atoms. The van der Waals surface area contributed by atoms with Gasteiger partial charge in [-0.15, -0.1) is 12.4 Å². The first kappa shape index (κ1) is 14.3. The van der Waals surface area contributed by atoms with E-state index in [0.717, 1.165) is 30.8 Å². The van der Waals surface area contributed by atoms with E-state index in [1.54, 1.807) is 0 Å². The summed E-state index contributed by atoms with van der Waals surface area (Å²) >= 11 is 0. The molecule has 4 nitrogen and oxygen atoms in total. The van der Waals surface area contributed by atoms with E-state index in [1.807, 2.05) is 17.7 Å². The maximum atomic E-state index is 12.8. The van der Waals surface area contributed by atoms with Gasteiger partial charge in [-0.2, -0.15) is 0 Å². The van der Waals surface area contributed by atoms with Gasteiger partial charge < -0.3 is 14.8 Å². The van der Waals surface area contributed by atoms with Crippen molar-refractivity contribution in [2.24, 2.45) is 7.05 Å². The summed E-state index contributed by atoms with van der Waals surface area (Å²) in [6.45, 7) is 0.710. The van der Waals surface area contributed by atoms with Gasteiger partial charge in [-0.25, -0.2) is 8.78 Å². The number of alkyl halides is 2. The highest BCUT2D eigenvalue weighted by molar-refractivity contribution is 5.94. The Morgan fingerprint density at radius 3 is 2.68 bits per heavy atom. The first-order valence-corrected chi connectivity index (χ1v) is 6.03. The van der Waals surface area contributed by atoms with Crippen LogP contribution in [0, 0.1) is 0 Å². The maximum absolute atomic E-state index is 12.8. The van der Waals surface area contributed by atoms with Crippen molar-refractivity contribution in [2.45, 2.75) is 18.9 Å². The lowest BCUT2D eigenvalue weighted by molar-refractivity contribution is -0.113. The van der Waals surface area contributed by atoms with Crippen LogP contribution in [0.5, 0.6) is 0 Å². The number of amides is 1. The molecule has 3 heterocycles. The number of aromatic nitrogens is 1. The van der Waals surface area contributed by atoms with Crippen molar-refractivity contribution in [2.75, 3.05) is 19.6 Å².